The summed E-state index contributed by atoms with van der Waals surface area (Å²) < 4.78 is 0. The molecule has 3 atom stereocenters. The second kappa shape index (κ2) is 7.88. The molecule has 0 radical (unpaired) electrons. The van der Waals surface area contributed by atoms with Gasteiger partial charge in [-0.25, -0.2) is 0 Å². The lowest BCUT2D eigenvalue weighted by Gasteiger charge is -2.38. The van der Waals surface area contributed by atoms with E-state index in [1.165, 1.54) is 32.1 Å². The van der Waals surface area contributed by atoms with Crippen LogP contribution in [0.15, 0.2) is 0 Å². The highest BCUT2D eigenvalue weighted by Crippen LogP contribution is 2.42. The molecule has 0 saturated heterocycles. The van der Waals surface area contributed by atoms with E-state index in [0.717, 1.165) is 50.7 Å². The number of rotatable bonds is 6. The molecule has 0 bridgehead atoms. The lowest BCUT2D eigenvalue weighted by molar-refractivity contribution is -0.127. The van der Waals surface area contributed by atoms with E-state index >= 15 is 0 Å². The summed E-state index contributed by atoms with van der Waals surface area (Å²) in [5, 5.41) is 6.42. The number of carbonyl (C=O) groups excluding carboxylic acids is 1. The molecule has 1 amide bonds. The number of amides is 1. The molecule has 3 heteroatoms. The van der Waals surface area contributed by atoms with Crippen LogP contribution in [-0.4, -0.2) is 25.5 Å². The van der Waals surface area contributed by atoms with Crippen LogP contribution < -0.4 is 10.6 Å². The average Bonchev–Trinajstić information content (AvgIpc) is 2.46. The van der Waals surface area contributed by atoms with E-state index in [1.54, 1.807) is 0 Å². The first kappa shape index (κ1) is 14.8. The van der Waals surface area contributed by atoms with E-state index in [9.17, 15) is 4.79 Å². The van der Waals surface area contributed by atoms with Crippen molar-refractivity contribution in [3.8, 4) is 0 Å². The number of fused-ring (bicyclic) bond motifs is 1. The molecule has 2 fully saturated rings. The van der Waals surface area contributed by atoms with Gasteiger partial charge in [0.2, 0.25) is 5.91 Å². The Labute approximate surface area is 117 Å². The molecule has 19 heavy (non-hydrogen) atoms. The second-order valence-corrected chi connectivity index (χ2v) is 6.31. The van der Waals surface area contributed by atoms with Gasteiger partial charge >= 0.3 is 0 Å². The monoisotopic (exact) mass is 266 g/mol. The predicted octanol–water partition coefficient (Wildman–Crippen LogP) is 2.71. The minimum absolute atomic E-state index is 0.304. The Morgan fingerprint density at radius 1 is 1.05 bits per heavy atom. The normalized spacial score (nSPS) is 30.7. The third-order valence-electron chi connectivity index (χ3n) is 4.99. The van der Waals surface area contributed by atoms with Crippen molar-refractivity contribution in [3.63, 3.8) is 0 Å². The molecule has 3 nitrogen and oxygen atoms in total. The molecule has 110 valence electrons. The summed E-state index contributed by atoms with van der Waals surface area (Å²) in [5.41, 5.74) is 0. The first-order valence-electron chi connectivity index (χ1n) is 8.29. The van der Waals surface area contributed by atoms with E-state index in [1.807, 2.05) is 0 Å². The lowest BCUT2D eigenvalue weighted by Crippen LogP contribution is -2.38. The van der Waals surface area contributed by atoms with Gasteiger partial charge in [-0.2, -0.15) is 0 Å². The van der Waals surface area contributed by atoms with Crippen molar-refractivity contribution < 1.29 is 4.79 Å². The molecule has 0 aliphatic heterocycles. The largest absolute Gasteiger partial charge is 0.356 e. The number of hydrogen-bond donors (Lipinski definition) is 2. The first-order valence-corrected chi connectivity index (χ1v) is 8.29. The van der Waals surface area contributed by atoms with Crippen molar-refractivity contribution in [1.29, 1.82) is 0 Å². The molecular weight excluding hydrogens is 236 g/mol. The van der Waals surface area contributed by atoms with Gasteiger partial charge in [-0.15, -0.1) is 0 Å². The number of hydrogen-bond acceptors (Lipinski definition) is 2. The fourth-order valence-electron chi connectivity index (χ4n) is 3.86. The average molecular weight is 266 g/mol. The molecule has 2 aliphatic rings. The van der Waals surface area contributed by atoms with Crippen LogP contribution in [0.3, 0.4) is 0 Å². The van der Waals surface area contributed by atoms with Crippen LogP contribution in [0.4, 0.5) is 0 Å². The van der Waals surface area contributed by atoms with Gasteiger partial charge in [0.15, 0.2) is 0 Å². The van der Waals surface area contributed by atoms with Crippen LogP contribution in [-0.2, 0) is 4.79 Å². The predicted molar refractivity (Wildman–Crippen MR) is 79.0 cm³/mol. The van der Waals surface area contributed by atoms with Gasteiger partial charge in [0.1, 0.15) is 0 Å². The summed E-state index contributed by atoms with van der Waals surface area (Å²) in [6.07, 6.45) is 10.2. The standard InChI is InChI=1S/C16H30N2O/c1-2-17-10-5-11-18-16(19)15-9-8-13-6-3-4-7-14(13)12-15/h13-15,17H,2-12H2,1H3,(H,18,19). The third kappa shape index (κ3) is 4.48. The Hall–Kier alpha value is -0.570. The van der Waals surface area contributed by atoms with Gasteiger partial charge < -0.3 is 10.6 Å². The van der Waals surface area contributed by atoms with Crippen molar-refractivity contribution in [2.75, 3.05) is 19.6 Å². The lowest BCUT2D eigenvalue weighted by atomic mass is 9.67. The molecule has 2 aliphatic carbocycles. The molecular formula is C16H30N2O. The van der Waals surface area contributed by atoms with Crippen molar-refractivity contribution in [1.82, 2.24) is 10.6 Å². The van der Waals surface area contributed by atoms with Gasteiger partial charge in [0, 0.05) is 12.5 Å². The van der Waals surface area contributed by atoms with Gasteiger partial charge in [-0.3, -0.25) is 4.79 Å². The molecule has 2 rings (SSSR count). The quantitative estimate of drug-likeness (QED) is 0.726. The Balaban J connectivity index is 1.65. The Kier molecular flexibility index (Phi) is 6.15. The van der Waals surface area contributed by atoms with Gasteiger partial charge in [0.25, 0.3) is 0 Å². The Morgan fingerprint density at radius 3 is 2.63 bits per heavy atom. The molecule has 0 aromatic carbocycles. The van der Waals surface area contributed by atoms with Crippen molar-refractivity contribution in [2.24, 2.45) is 17.8 Å². The first-order chi connectivity index (χ1) is 9.31. The minimum atomic E-state index is 0.304. The Bertz CT molecular complexity index is 280. The van der Waals surface area contributed by atoms with E-state index in [2.05, 4.69) is 17.6 Å². The number of nitrogens with one attached hydrogen (secondary N) is 2. The van der Waals surface area contributed by atoms with Crippen LogP contribution >= 0.6 is 0 Å². The highest BCUT2D eigenvalue weighted by molar-refractivity contribution is 5.78. The summed E-state index contributed by atoms with van der Waals surface area (Å²) in [4.78, 5) is 12.2. The molecule has 2 N–H and O–H groups in total. The zero-order valence-corrected chi connectivity index (χ0v) is 12.4. The molecule has 3 unspecified atom stereocenters. The summed E-state index contributed by atoms with van der Waals surface area (Å²) in [6.45, 7) is 4.96. The van der Waals surface area contributed by atoms with Crippen molar-refractivity contribution >= 4 is 5.91 Å². The van der Waals surface area contributed by atoms with Crippen molar-refractivity contribution in [2.45, 2.75) is 58.3 Å². The number of carbonyl (C=O) groups is 1. The molecule has 0 aromatic rings. The van der Waals surface area contributed by atoms with E-state index in [0.29, 0.717) is 11.8 Å². The zero-order valence-electron chi connectivity index (χ0n) is 12.4. The molecule has 2 saturated carbocycles. The highest BCUT2D eigenvalue weighted by atomic mass is 16.1. The van der Waals surface area contributed by atoms with E-state index in [-0.39, 0.29) is 0 Å². The summed E-state index contributed by atoms with van der Waals surface area (Å²) in [6, 6.07) is 0. The third-order valence-corrected chi connectivity index (χ3v) is 4.99. The molecule has 0 spiro atoms. The van der Waals surface area contributed by atoms with Gasteiger partial charge in [-0.1, -0.05) is 32.6 Å². The zero-order chi connectivity index (χ0) is 13.5. The van der Waals surface area contributed by atoms with E-state index < -0.39 is 0 Å². The van der Waals surface area contributed by atoms with Crippen LogP contribution in [0.5, 0.6) is 0 Å². The van der Waals surface area contributed by atoms with Crippen LogP contribution in [0, 0.1) is 17.8 Å². The van der Waals surface area contributed by atoms with Crippen LogP contribution in [0.2, 0.25) is 0 Å². The second-order valence-electron chi connectivity index (χ2n) is 6.31. The Morgan fingerprint density at radius 2 is 1.84 bits per heavy atom. The van der Waals surface area contributed by atoms with Gasteiger partial charge in [0.05, 0.1) is 0 Å². The molecule has 0 aromatic heterocycles. The maximum absolute atomic E-state index is 12.2. The fourth-order valence-corrected chi connectivity index (χ4v) is 3.86. The van der Waals surface area contributed by atoms with E-state index in [4.69, 9.17) is 0 Å². The fraction of sp³-hybridized carbons (Fsp3) is 0.938. The summed E-state index contributed by atoms with van der Waals surface area (Å²) in [5.74, 6) is 2.41. The summed E-state index contributed by atoms with van der Waals surface area (Å²) in [7, 11) is 0. The topological polar surface area (TPSA) is 41.1 Å². The highest BCUT2D eigenvalue weighted by Gasteiger charge is 2.34. The SMILES string of the molecule is CCNCCCNC(=O)C1CCC2CCCCC2C1. The van der Waals surface area contributed by atoms with Crippen LogP contribution in [0.1, 0.15) is 58.3 Å². The van der Waals surface area contributed by atoms with Gasteiger partial charge in [-0.05, 0) is 50.6 Å². The smallest absolute Gasteiger partial charge is 0.223 e. The maximum atomic E-state index is 12.2. The maximum Gasteiger partial charge on any atom is 0.223 e. The van der Waals surface area contributed by atoms with Crippen molar-refractivity contribution in [3.05, 3.63) is 0 Å². The van der Waals surface area contributed by atoms with Crippen LogP contribution in [0.25, 0.3) is 0 Å². The summed E-state index contributed by atoms with van der Waals surface area (Å²) >= 11 is 0. The molecule has 0 heterocycles. The minimum Gasteiger partial charge on any atom is -0.356 e.